The monoisotopic (exact) mass is 858 g/mol. The first-order valence-corrected chi connectivity index (χ1v) is 22.4. The molecule has 0 saturated heterocycles. The molecule has 0 N–H and O–H groups in total. The first-order chi connectivity index (χ1) is 28.7. The van der Waals surface area contributed by atoms with E-state index in [-0.39, 0.29) is 0 Å². The summed E-state index contributed by atoms with van der Waals surface area (Å²) >= 11 is 2.15. The van der Waals surface area contributed by atoms with Gasteiger partial charge in [0.25, 0.3) is 0 Å². The van der Waals surface area contributed by atoms with Crippen molar-refractivity contribution in [2.75, 3.05) is 4.93 Å². The van der Waals surface area contributed by atoms with Crippen LogP contribution in [0.25, 0.3) is 66.4 Å². The Morgan fingerprint density at radius 3 is 1.17 bits per heavy atom. The summed E-state index contributed by atoms with van der Waals surface area (Å²) in [6.45, 7) is 4.25. The van der Waals surface area contributed by atoms with Crippen LogP contribution in [-0.4, -0.2) is 4.93 Å². The minimum Gasteiger partial charge on any atom is -0.0901 e. The van der Waals surface area contributed by atoms with Crippen LogP contribution >= 0.6 is 22.6 Å². The molecule has 0 amide bonds. The highest BCUT2D eigenvalue weighted by Crippen LogP contribution is 2.59. The predicted octanol–water partition coefficient (Wildman–Crippen LogP) is 16.3. The fourth-order valence-corrected chi connectivity index (χ4v) is 8.72. The second kappa shape index (κ2) is 17.6. The van der Waals surface area contributed by atoms with Crippen LogP contribution < -0.4 is 0 Å². The highest BCUT2D eigenvalue weighted by molar-refractivity contribution is 14.1. The van der Waals surface area contributed by atoms with Crippen LogP contribution in [0.15, 0.2) is 218 Å². The molecule has 0 saturated carbocycles. The molecule has 0 atom stereocenters. The van der Waals surface area contributed by atoms with E-state index in [1.165, 1.54) is 95.1 Å². The molecule has 1 heteroatoms. The van der Waals surface area contributed by atoms with E-state index in [0.717, 1.165) is 0 Å². The Hall–Kier alpha value is -6.03. The topological polar surface area (TPSA) is 0 Å². The van der Waals surface area contributed by atoms with Gasteiger partial charge in [-0.25, -0.2) is 0 Å². The van der Waals surface area contributed by atoms with E-state index in [9.17, 15) is 0 Å². The molecule has 282 valence electrons. The van der Waals surface area contributed by atoms with Crippen LogP contribution in [0.4, 0.5) is 0 Å². The van der Waals surface area contributed by atoms with Gasteiger partial charge in [-0.1, -0.05) is 249 Å². The SMILES string of the molecule is CCC.CI.c1ccc(-c2ccc(-c3ccc4c(c3)C(c3ccccc3)(c3ccccc3)c3cc(-c5ccc(-c6ccccc6)cc5)c5ccccc5c3-4)cc2)cc1. The summed E-state index contributed by atoms with van der Waals surface area (Å²) in [5, 5.41) is 2.55. The number of alkyl halides is 1. The van der Waals surface area contributed by atoms with E-state index in [2.05, 4.69) is 255 Å². The number of rotatable bonds is 6. The minimum absolute atomic E-state index is 0.532. The van der Waals surface area contributed by atoms with Gasteiger partial charge in [-0.2, -0.15) is 0 Å². The van der Waals surface area contributed by atoms with Gasteiger partial charge in [0.15, 0.2) is 0 Å². The largest absolute Gasteiger partial charge is 0.0901 e. The quantitative estimate of drug-likeness (QED) is 0.115. The molecule has 0 fully saturated rings. The summed E-state index contributed by atoms with van der Waals surface area (Å²) < 4.78 is 0. The fraction of sp³-hybridized carbons (Fsp3) is 0.0877. The Kier molecular flexibility index (Phi) is 11.8. The average molecular weight is 859 g/mol. The van der Waals surface area contributed by atoms with Gasteiger partial charge in [0, 0.05) is 0 Å². The first kappa shape index (κ1) is 38.8. The van der Waals surface area contributed by atoms with Gasteiger partial charge in [-0.05, 0) is 106 Å². The zero-order valence-electron chi connectivity index (χ0n) is 33.4. The van der Waals surface area contributed by atoms with E-state index in [0.29, 0.717) is 0 Å². The predicted molar refractivity (Wildman–Crippen MR) is 259 cm³/mol. The third-order valence-corrected chi connectivity index (χ3v) is 11.2. The van der Waals surface area contributed by atoms with E-state index in [1.54, 1.807) is 0 Å². The molecule has 9 aromatic carbocycles. The van der Waals surface area contributed by atoms with Crippen molar-refractivity contribution in [1.29, 1.82) is 0 Å². The summed E-state index contributed by atoms with van der Waals surface area (Å²) in [7, 11) is 0. The normalized spacial score (nSPS) is 12.0. The molecule has 0 radical (unpaired) electrons. The molecule has 0 spiro atoms. The van der Waals surface area contributed by atoms with Crippen LogP contribution in [0.3, 0.4) is 0 Å². The molecule has 0 unspecified atom stereocenters. The number of benzene rings is 9. The van der Waals surface area contributed by atoms with Crippen molar-refractivity contribution >= 4 is 33.4 Å². The lowest BCUT2D eigenvalue weighted by molar-refractivity contribution is 0.769. The number of hydrogen-bond acceptors (Lipinski definition) is 0. The maximum Gasteiger partial charge on any atom is 0.0714 e. The summed E-state index contributed by atoms with van der Waals surface area (Å²) in [5.74, 6) is 0. The van der Waals surface area contributed by atoms with Crippen LogP contribution in [-0.2, 0) is 5.41 Å². The molecule has 1 aliphatic carbocycles. The molecule has 10 rings (SSSR count). The van der Waals surface area contributed by atoms with E-state index in [1.807, 2.05) is 4.93 Å². The van der Waals surface area contributed by atoms with Gasteiger partial charge in [-0.15, -0.1) is 0 Å². The van der Waals surface area contributed by atoms with Crippen molar-refractivity contribution in [3.8, 4) is 55.6 Å². The van der Waals surface area contributed by atoms with Gasteiger partial charge in [-0.3, -0.25) is 0 Å². The van der Waals surface area contributed by atoms with Gasteiger partial charge in [0.2, 0.25) is 0 Å². The summed E-state index contributed by atoms with van der Waals surface area (Å²) in [5.41, 5.74) is 17.0. The lowest BCUT2D eigenvalue weighted by Crippen LogP contribution is -2.28. The molecular weight excluding hydrogens is 812 g/mol. The average Bonchev–Trinajstić information content (AvgIpc) is 3.61. The molecule has 0 bridgehead atoms. The fourth-order valence-electron chi connectivity index (χ4n) is 8.72. The highest BCUT2D eigenvalue weighted by atomic mass is 127. The van der Waals surface area contributed by atoms with Crippen LogP contribution in [0.1, 0.15) is 42.5 Å². The van der Waals surface area contributed by atoms with Gasteiger partial charge >= 0.3 is 0 Å². The smallest absolute Gasteiger partial charge is 0.0714 e. The summed E-state index contributed by atoms with van der Waals surface area (Å²) in [6.07, 6.45) is 1.25. The standard InChI is InChI=1S/C53H36.C3H8.CH3I/c1-5-15-37(16-6-1)39-25-27-41(28-26-39)43-33-34-48-50(35-43)53(44-19-9-3-10-20-44,45-21-11-4-12-22-45)51-36-49(46-23-13-14-24-47(46)52(48)51)42-31-29-40(30-32-42)38-17-7-2-8-18-38;1-3-2;1-2/h1-36H;3H2,1-2H3;1H3. The van der Waals surface area contributed by atoms with Crippen molar-refractivity contribution in [1.82, 2.24) is 0 Å². The summed E-state index contributed by atoms with van der Waals surface area (Å²) in [4.78, 5) is 1.97. The molecule has 0 aromatic heterocycles. The van der Waals surface area contributed by atoms with Crippen molar-refractivity contribution in [3.05, 3.63) is 241 Å². The Balaban J connectivity index is 0.000000899. The van der Waals surface area contributed by atoms with E-state index in [4.69, 9.17) is 0 Å². The van der Waals surface area contributed by atoms with Gasteiger partial charge in [0.1, 0.15) is 0 Å². The maximum absolute atomic E-state index is 2.50. The number of halogens is 1. The Bertz CT molecular complexity index is 2700. The zero-order chi connectivity index (χ0) is 39.9. The molecule has 0 aliphatic heterocycles. The lowest BCUT2D eigenvalue weighted by atomic mass is 9.67. The Morgan fingerprint density at radius 1 is 0.328 bits per heavy atom. The molecule has 0 nitrogen and oxygen atoms in total. The van der Waals surface area contributed by atoms with Crippen molar-refractivity contribution < 1.29 is 0 Å². The number of hydrogen-bond donors (Lipinski definition) is 0. The first-order valence-electron chi connectivity index (χ1n) is 20.2. The Morgan fingerprint density at radius 2 is 0.690 bits per heavy atom. The van der Waals surface area contributed by atoms with Crippen molar-refractivity contribution in [3.63, 3.8) is 0 Å². The third kappa shape index (κ3) is 7.09. The van der Waals surface area contributed by atoms with E-state index >= 15 is 0 Å². The lowest BCUT2D eigenvalue weighted by Gasteiger charge is -2.34. The molecule has 0 heterocycles. The van der Waals surface area contributed by atoms with Crippen LogP contribution in [0.2, 0.25) is 0 Å². The highest BCUT2D eigenvalue weighted by Gasteiger charge is 2.47. The van der Waals surface area contributed by atoms with Crippen LogP contribution in [0, 0.1) is 0 Å². The van der Waals surface area contributed by atoms with Gasteiger partial charge in [0.05, 0.1) is 5.41 Å². The maximum atomic E-state index is 2.50. The second-order valence-corrected chi connectivity index (χ2v) is 14.7. The second-order valence-electron chi connectivity index (χ2n) is 14.7. The third-order valence-electron chi connectivity index (χ3n) is 11.2. The molecular formula is C57H47I. The Labute approximate surface area is 358 Å². The van der Waals surface area contributed by atoms with Crippen molar-refractivity contribution in [2.24, 2.45) is 0 Å². The number of fused-ring (bicyclic) bond motifs is 5. The van der Waals surface area contributed by atoms with Gasteiger partial charge < -0.3 is 0 Å². The zero-order valence-corrected chi connectivity index (χ0v) is 35.5. The van der Waals surface area contributed by atoms with Crippen molar-refractivity contribution in [2.45, 2.75) is 25.7 Å². The molecule has 58 heavy (non-hydrogen) atoms. The summed E-state index contributed by atoms with van der Waals surface area (Å²) in [6, 6.07) is 80.3. The molecule has 9 aromatic rings. The van der Waals surface area contributed by atoms with E-state index < -0.39 is 5.41 Å². The minimum atomic E-state index is -0.532. The van der Waals surface area contributed by atoms with Crippen LogP contribution in [0.5, 0.6) is 0 Å². The molecule has 1 aliphatic rings.